The van der Waals surface area contributed by atoms with Crippen LogP contribution in [0, 0.1) is 0 Å². The Morgan fingerprint density at radius 2 is 1.85 bits per heavy atom. The molecule has 8 heteroatoms. The van der Waals surface area contributed by atoms with E-state index in [1.165, 1.54) is 12.4 Å². The second kappa shape index (κ2) is 5.44. The zero-order chi connectivity index (χ0) is 13.9. The summed E-state index contributed by atoms with van der Waals surface area (Å²) < 4.78 is 7.01. The van der Waals surface area contributed by atoms with E-state index < -0.39 is 0 Å². The Morgan fingerprint density at radius 1 is 1.05 bits per heavy atom. The van der Waals surface area contributed by atoms with Gasteiger partial charge < -0.3 is 4.74 Å². The van der Waals surface area contributed by atoms with Gasteiger partial charge in [-0.05, 0) is 12.1 Å². The summed E-state index contributed by atoms with van der Waals surface area (Å²) in [4.78, 5) is 4.04. The van der Waals surface area contributed by atoms with Gasteiger partial charge in [-0.25, -0.2) is 4.68 Å². The number of halogens is 2. The van der Waals surface area contributed by atoms with Gasteiger partial charge in [0.1, 0.15) is 6.33 Å². The van der Waals surface area contributed by atoms with Crippen molar-refractivity contribution < 1.29 is 4.74 Å². The third kappa shape index (κ3) is 2.71. The Kier molecular flexibility index (Phi) is 3.49. The first kappa shape index (κ1) is 12.8. The van der Waals surface area contributed by atoms with Crippen LogP contribution < -0.4 is 4.74 Å². The molecule has 1 aromatic carbocycles. The van der Waals surface area contributed by atoms with Crippen LogP contribution in [0.15, 0.2) is 42.7 Å². The SMILES string of the molecule is Clc1cc(Oc2ncn(-c3ccccc3)n2)c(Cl)nn1. The molecule has 0 saturated heterocycles. The molecule has 3 aromatic rings. The molecule has 0 aliphatic carbocycles. The molecule has 0 spiro atoms. The summed E-state index contributed by atoms with van der Waals surface area (Å²) in [5.41, 5.74) is 0.867. The highest BCUT2D eigenvalue weighted by Gasteiger charge is 2.10. The third-order valence-electron chi connectivity index (χ3n) is 2.38. The Morgan fingerprint density at radius 3 is 2.65 bits per heavy atom. The molecule has 0 N–H and O–H groups in total. The molecule has 0 aliphatic heterocycles. The Hall–Kier alpha value is -2.18. The van der Waals surface area contributed by atoms with Crippen molar-refractivity contribution in [2.24, 2.45) is 0 Å². The lowest BCUT2D eigenvalue weighted by molar-refractivity contribution is 0.438. The first-order valence-electron chi connectivity index (χ1n) is 5.56. The second-order valence-electron chi connectivity index (χ2n) is 3.73. The standard InChI is InChI=1S/C12H7Cl2N5O/c13-10-6-9(11(14)17-16-10)20-12-15-7-19(18-12)8-4-2-1-3-5-8/h1-7H. The molecule has 0 radical (unpaired) electrons. The molecule has 2 aromatic heterocycles. The van der Waals surface area contributed by atoms with Crippen LogP contribution in [0.25, 0.3) is 5.69 Å². The normalized spacial score (nSPS) is 10.5. The van der Waals surface area contributed by atoms with Gasteiger partial charge in [0.05, 0.1) is 5.69 Å². The van der Waals surface area contributed by atoms with E-state index in [0.29, 0.717) is 0 Å². The first-order valence-corrected chi connectivity index (χ1v) is 6.31. The van der Waals surface area contributed by atoms with Gasteiger partial charge in [-0.1, -0.05) is 41.4 Å². The molecule has 3 rings (SSSR count). The predicted molar refractivity (Wildman–Crippen MR) is 73.5 cm³/mol. The molecule has 2 heterocycles. The average molecular weight is 308 g/mol. The summed E-state index contributed by atoms with van der Waals surface area (Å²) in [7, 11) is 0. The lowest BCUT2D eigenvalue weighted by Crippen LogP contribution is -1.95. The van der Waals surface area contributed by atoms with Crippen molar-refractivity contribution in [2.75, 3.05) is 0 Å². The molecular formula is C12H7Cl2N5O. The van der Waals surface area contributed by atoms with E-state index in [2.05, 4.69) is 20.3 Å². The lowest BCUT2D eigenvalue weighted by atomic mass is 10.3. The lowest BCUT2D eigenvalue weighted by Gasteiger charge is -2.02. The van der Waals surface area contributed by atoms with Crippen molar-refractivity contribution in [3.8, 4) is 17.4 Å². The average Bonchev–Trinajstić information content (AvgIpc) is 2.92. The van der Waals surface area contributed by atoms with Crippen LogP contribution in [0.4, 0.5) is 0 Å². The van der Waals surface area contributed by atoms with Crippen molar-refractivity contribution >= 4 is 23.2 Å². The Balaban J connectivity index is 1.86. The number of nitrogens with zero attached hydrogens (tertiary/aromatic N) is 5. The molecule has 0 bridgehead atoms. The Labute approximate surface area is 124 Å². The van der Waals surface area contributed by atoms with Crippen molar-refractivity contribution in [1.82, 2.24) is 25.0 Å². The van der Waals surface area contributed by atoms with Crippen LogP contribution in [0.2, 0.25) is 10.3 Å². The molecule has 0 fully saturated rings. The van der Waals surface area contributed by atoms with Crippen LogP contribution in [0.5, 0.6) is 11.8 Å². The quantitative estimate of drug-likeness (QED) is 0.743. The van der Waals surface area contributed by atoms with E-state index in [9.17, 15) is 0 Å². The molecule has 0 saturated carbocycles. The summed E-state index contributed by atoms with van der Waals surface area (Å²) >= 11 is 11.6. The molecule has 0 unspecified atom stereocenters. The summed E-state index contributed by atoms with van der Waals surface area (Å²) in [5, 5.41) is 11.7. The maximum atomic E-state index is 5.85. The third-order valence-corrected chi connectivity index (χ3v) is 2.83. The van der Waals surface area contributed by atoms with E-state index in [1.54, 1.807) is 4.68 Å². The largest absolute Gasteiger partial charge is 0.420 e. The number of hydrogen-bond donors (Lipinski definition) is 0. The summed E-state index contributed by atoms with van der Waals surface area (Å²) in [6.07, 6.45) is 1.54. The predicted octanol–water partition coefficient (Wildman–Crippen LogP) is 3.16. The van der Waals surface area contributed by atoms with Crippen LogP contribution in [-0.4, -0.2) is 25.0 Å². The van der Waals surface area contributed by atoms with Crippen LogP contribution >= 0.6 is 23.2 Å². The second-order valence-corrected chi connectivity index (χ2v) is 4.48. The molecule has 6 nitrogen and oxygen atoms in total. The number of para-hydroxylation sites is 1. The topological polar surface area (TPSA) is 65.7 Å². The Bertz CT molecular complexity index is 732. The highest BCUT2D eigenvalue weighted by atomic mass is 35.5. The van der Waals surface area contributed by atoms with Gasteiger partial charge in [-0.3, -0.25) is 0 Å². The van der Waals surface area contributed by atoms with E-state index >= 15 is 0 Å². The van der Waals surface area contributed by atoms with Crippen molar-refractivity contribution in [3.63, 3.8) is 0 Å². The van der Waals surface area contributed by atoms with E-state index in [-0.39, 0.29) is 22.1 Å². The van der Waals surface area contributed by atoms with E-state index in [1.807, 2.05) is 30.3 Å². The van der Waals surface area contributed by atoms with Gasteiger partial charge >= 0.3 is 6.01 Å². The van der Waals surface area contributed by atoms with Gasteiger partial charge in [0.25, 0.3) is 0 Å². The van der Waals surface area contributed by atoms with Crippen LogP contribution in [0.1, 0.15) is 0 Å². The fraction of sp³-hybridized carbons (Fsp3) is 0. The number of ether oxygens (including phenoxy) is 1. The number of hydrogen-bond acceptors (Lipinski definition) is 5. The summed E-state index contributed by atoms with van der Waals surface area (Å²) in [6, 6.07) is 11.1. The minimum atomic E-state index is 0.0884. The summed E-state index contributed by atoms with van der Waals surface area (Å²) in [5.74, 6) is 0.248. The highest BCUT2D eigenvalue weighted by molar-refractivity contribution is 6.32. The molecule has 100 valence electrons. The van der Waals surface area contributed by atoms with Gasteiger partial charge in [-0.2, -0.15) is 4.98 Å². The van der Waals surface area contributed by atoms with E-state index in [4.69, 9.17) is 27.9 Å². The van der Waals surface area contributed by atoms with Crippen LogP contribution in [-0.2, 0) is 0 Å². The van der Waals surface area contributed by atoms with Gasteiger partial charge in [-0.15, -0.1) is 15.3 Å². The smallest absolute Gasteiger partial charge is 0.341 e. The van der Waals surface area contributed by atoms with Crippen molar-refractivity contribution in [3.05, 3.63) is 53.0 Å². The van der Waals surface area contributed by atoms with Crippen molar-refractivity contribution in [2.45, 2.75) is 0 Å². The number of benzene rings is 1. The van der Waals surface area contributed by atoms with Crippen LogP contribution in [0.3, 0.4) is 0 Å². The van der Waals surface area contributed by atoms with Crippen molar-refractivity contribution in [1.29, 1.82) is 0 Å². The molecular weight excluding hydrogens is 301 g/mol. The highest BCUT2D eigenvalue weighted by Crippen LogP contribution is 2.27. The fourth-order valence-electron chi connectivity index (χ4n) is 1.51. The maximum absolute atomic E-state index is 5.85. The number of aromatic nitrogens is 5. The zero-order valence-corrected chi connectivity index (χ0v) is 11.5. The minimum Gasteiger partial charge on any atom is -0.420 e. The molecule has 0 amide bonds. The first-order chi connectivity index (χ1) is 9.72. The monoisotopic (exact) mass is 307 g/mol. The van der Waals surface area contributed by atoms with Gasteiger partial charge in [0.2, 0.25) is 0 Å². The van der Waals surface area contributed by atoms with E-state index in [0.717, 1.165) is 5.69 Å². The number of rotatable bonds is 3. The summed E-state index contributed by atoms with van der Waals surface area (Å²) in [6.45, 7) is 0. The zero-order valence-electron chi connectivity index (χ0n) is 9.94. The molecule has 0 aliphatic rings. The molecule has 0 atom stereocenters. The minimum absolute atomic E-state index is 0.0884. The molecule has 20 heavy (non-hydrogen) atoms. The van der Waals surface area contributed by atoms with Gasteiger partial charge in [0.15, 0.2) is 16.1 Å². The van der Waals surface area contributed by atoms with Gasteiger partial charge in [0, 0.05) is 6.07 Å². The fourth-order valence-corrected chi connectivity index (χ4v) is 1.78. The maximum Gasteiger partial charge on any atom is 0.341 e.